The fourth-order valence-corrected chi connectivity index (χ4v) is 0.967. The summed E-state index contributed by atoms with van der Waals surface area (Å²) < 4.78 is 0. The van der Waals surface area contributed by atoms with E-state index in [0.29, 0.717) is 0 Å². The Bertz CT molecular complexity index is 80.0. The molecule has 0 aliphatic heterocycles. The molecule has 1 fully saturated rings. The van der Waals surface area contributed by atoms with Crippen LogP contribution in [0, 0.1) is 12.3 Å². The van der Waals surface area contributed by atoms with Crippen molar-refractivity contribution in [3.05, 3.63) is 19.1 Å². The Morgan fingerprint density at radius 1 is 1.56 bits per heavy atom. The first-order valence-corrected chi connectivity index (χ1v) is 3.78. The summed E-state index contributed by atoms with van der Waals surface area (Å²) >= 11 is 0. The molecule has 0 heterocycles. The molecule has 0 aromatic heterocycles. The molecule has 1 unspecified atom stereocenters. The third-order valence-electron chi connectivity index (χ3n) is 1.70. The van der Waals surface area contributed by atoms with Crippen molar-refractivity contribution in [3.63, 3.8) is 0 Å². The van der Waals surface area contributed by atoms with E-state index in [4.69, 9.17) is 0 Å². The zero-order chi connectivity index (χ0) is 6.53. The van der Waals surface area contributed by atoms with Crippen LogP contribution in [0.25, 0.3) is 0 Å². The summed E-state index contributed by atoms with van der Waals surface area (Å²) in [5, 5.41) is 0. The van der Waals surface area contributed by atoms with Crippen LogP contribution in [0.4, 0.5) is 0 Å². The Hall–Kier alpha value is -0.260. The Morgan fingerprint density at radius 3 is 2.89 bits per heavy atom. The molecule has 0 bridgehead atoms. The first kappa shape index (κ1) is 6.85. The molecule has 0 N–H and O–H groups in total. The zero-order valence-corrected chi connectivity index (χ0v) is 5.90. The van der Waals surface area contributed by atoms with Gasteiger partial charge < -0.3 is 0 Å². The van der Waals surface area contributed by atoms with Crippen molar-refractivity contribution in [1.29, 1.82) is 0 Å². The lowest BCUT2D eigenvalue weighted by atomic mass is 10.1. The molecule has 1 saturated carbocycles. The van der Waals surface area contributed by atoms with Gasteiger partial charge in [-0.25, -0.2) is 0 Å². The molecule has 0 heteroatoms. The minimum atomic E-state index is 0.870. The molecular weight excluding hydrogens is 108 g/mol. The largest absolute Gasteiger partial charge is 0.103 e. The quantitative estimate of drug-likeness (QED) is 0.388. The van der Waals surface area contributed by atoms with Gasteiger partial charge in [-0.05, 0) is 38.0 Å². The molecule has 2 radical (unpaired) electrons. The lowest BCUT2D eigenvalue weighted by molar-refractivity contribution is 0.646. The number of hydrogen-bond donors (Lipinski definition) is 0. The molecule has 0 aromatic carbocycles. The fourth-order valence-electron chi connectivity index (χ4n) is 0.967. The number of rotatable bonds is 5. The summed E-state index contributed by atoms with van der Waals surface area (Å²) in [4.78, 5) is 0. The summed E-state index contributed by atoms with van der Waals surface area (Å²) in [6.07, 6.45) is 11.8. The second-order valence-electron chi connectivity index (χ2n) is 2.68. The molecule has 0 spiro atoms. The molecule has 1 atom stereocenters. The van der Waals surface area contributed by atoms with E-state index >= 15 is 0 Å². The van der Waals surface area contributed by atoms with E-state index in [9.17, 15) is 0 Å². The monoisotopic (exact) mass is 122 g/mol. The van der Waals surface area contributed by atoms with Crippen LogP contribution in [0.2, 0.25) is 0 Å². The van der Waals surface area contributed by atoms with E-state index in [1.54, 1.807) is 0 Å². The molecule has 50 valence electrons. The SMILES string of the molecule is C=CCCCCC1[C]C1. The standard InChI is InChI=1S/C9H14/c1-2-3-4-5-6-9-7-8-9/h2,9H,1,3-7H2. The normalized spacial score (nSPS) is 17.8. The Morgan fingerprint density at radius 2 is 2.33 bits per heavy atom. The predicted octanol–water partition coefficient (Wildman–Crippen LogP) is 2.83. The summed E-state index contributed by atoms with van der Waals surface area (Å²) in [5.74, 6) is 0.870. The van der Waals surface area contributed by atoms with Crippen molar-refractivity contribution in [2.75, 3.05) is 0 Å². The van der Waals surface area contributed by atoms with Crippen LogP contribution >= 0.6 is 0 Å². The number of unbranched alkanes of at least 4 members (excludes halogenated alkanes) is 2. The average molecular weight is 122 g/mol. The van der Waals surface area contributed by atoms with Gasteiger partial charge in [-0.3, -0.25) is 0 Å². The highest BCUT2D eigenvalue weighted by atomic mass is 14.2. The highest BCUT2D eigenvalue weighted by Gasteiger charge is 2.20. The van der Waals surface area contributed by atoms with Crippen LogP contribution in [0.3, 0.4) is 0 Å². The van der Waals surface area contributed by atoms with Crippen molar-refractivity contribution in [3.8, 4) is 0 Å². The number of hydrogen-bond acceptors (Lipinski definition) is 0. The highest BCUT2D eigenvalue weighted by Crippen LogP contribution is 2.32. The van der Waals surface area contributed by atoms with E-state index in [1.165, 1.54) is 32.1 Å². The lowest BCUT2D eigenvalue weighted by Crippen LogP contribution is -1.76. The fraction of sp³-hybridized carbons (Fsp3) is 0.667. The van der Waals surface area contributed by atoms with Crippen molar-refractivity contribution in [2.24, 2.45) is 5.92 Å². The molecule has 0 aromatic rings. The van der Waals surface area contributed by atoms with Crippen molar-refractivity contribution in [2.45, 2.75) is 32.1 Å². The maximum Gasteiger partial charge on any atom is -0.0136 e. The average Bonchev–Trinajstić information content (AvgIpc) is 2.63. The first-order valence-electron chi connectivity index (χ1n) is 3.78. The Labute approximate surface area is 58.0 Å². The minimum Gasteiger partial charge on any atom is -0.103 e. The maximum atomic E-state index is 3.68. The summed E-state index contributed by atoms with van der Waals surface area (Å²) in [5.41, 5.74) is 0. The molecule has 1 aliphatic carbocycles. The van der Waals surface area contributed by atoms with E-state index in [0.717, 1.165) is 5.92 Å². The molecule has 1 rings (SSSR count). The van der Waals surface area contributed by atoms with Gasteiger partial charge in [-0.2, -0.15) is 0 Å². The van der Waals surface area contributed by atoms with Crippen molar-refractivity contribution in [1.82, 2.24) is 0 Å². The summed E-state index contributed by atoms with van der Waals surface area (Å²) in [7, 11) is 0. The Balaban J connectivity index is 1.75. The zero-order valence-electron chi connectivity index (χ0n) is 5.90. The van der Waals surface area contributed by atoms with E-state index in [1.807, 2.05) is 6.08 Å². The lowest BCUT2D eigenvalue weighted by Gasteiger charge is -1.93. The van der Waals surface area contributed by atoms with Crippen LogP contribution in [0.5, 0.6) is 0 Å². The van der Waals surface area contributed by atoms with Gasteiger partial charge >= 0.3 is 0 Å². The van der Waals surface area contributed by atoms with E-state index in [2.05, 4.69) is 13.0 Å². The summed E-state index contributed by atoms with van der Waals surface area (Å²) in [6.45, 7) is 3.68. The highest BCUT2D eigenvalue weighted by molar-refractivity contribution is 4.93. The molecule has 0 saturated heterocycles. The van der Waals surface area contributed by atoms with Gasteiger partial charge in [0.1, 0.15) is 0 Å². The van der Waals surface area contributed by atoms with Crippen LogP contribution in [0.1, 0.15) is 32.1 Å². The van der Waals surface area contributed by atoms with E-state index in [-0.39, 0.29) is 0 Å². The molecule has 9 heavy (non-hydrogen) atoms. The van der Waals surface area contributed by atoms with Gasteiger partial charge in [0.2, 0.25) is 0 Å². The third-order valence-corrected chi connectivity index (χ3v) is 1.70. The smallest absolute Gasteiger partial charge is 0.0136 e. The van der Waals surface area contributed by atoms with Crippen LogP contribution < -0.4 is 0 Å². The second kappa shape index (κ2) is 3.71. The molecular formula is C9H14. The van der Waals surface area contributed by atoms with Gasteiger partial charge in [-0.1, -0.05) is 12.5 Å². The van der Waals surface area contributed by atoms with E-state index < -0.39 is 0 Å². The Kier molecular flexibility index (Phi) is 2.82. The van der Waals surface area contributed by atoms with Crippen molar-refractivity contribution >= 4 is 0 Å². The van der Waals surface area contributed by atoms with Gasteiger partial charge in [-0.15, -0.1) is 6.58 Å². The minimum absolute atomic E-state index is 0.870. The third kappa shape index (κ3) is 3.34. The van der Waals surface area contributed by atoms with Crippen LogP contribution in [-0.4, -0.2) is 0 Å². The maximum absolute atomic E-state index is 3.68. The van der Waals surface area contributed by atoms with Gasteiger partial charge in [0.05, 0.1) is 0 Å². The number of allylic oxidation sites excluding steroid dienone is 1. The second-order valence-corrected chi connectivity index (χ2v) is 2.68. The topological polar surface area (TPSA) is 0 Å². The molecule has 0 nitrogen and oxygen atoms in total. The molecule has 1 aliphatic rings. The first-order chi connectivity index (χ1) is 4.43. The molecule has 0 amide bonds. The van der Waals surface area contributed by atoms with Gasteiger partial charge in [0.15, 0.2) is 0 Å². The van der Waals surface area contributed by atoms with Crippen molar-refractivity contribution < 1.29 is 0 Å². The van der Waals surface area contributed by atoms with Gasteiger partial charge in [0, 0.05) is 0 Å². The van der Waals surface area contributed by atoms with Crippen LogP contribution in [-0.2, 0) is 0 Å². The predicted molar refractivity (Wildman–Crippen MR) is 40.0 cm³/mol. The summed E-state index contributed by atoms with van der Waals surface area (Å²) in [6, 6.07) is 0. The van der Waals surface area contributed by atoms with Gasteiger partial charge in [0.25, 0.3) is 0 Å². The van der Waals surface area contributed by atoms with Crippen LogP contribution in [0.15, 0.2) is 12.7 Å².